The first kappa shape index (κ1) is 17.0. The number of methoxy groups -OCH3 is 1. The molecule has 25 heavy (non-hydrogen) atoms. The predicted octanol–water partition coefficient (Wildman–Crippen LogP) is 3.40. The molecule has 4 nitrogen and oxygen atoms in total. The van der Waals surface area contributed by atoms with Crippen LogP contribution < -0.4 is 9.54 Å². The number of ether oxygens (including phenoxy) is 1. The molecule has 0 radical (unpaired) electrons. The Hall–Kier alpha value is -2.84. The topological polar surface area (TPSA) is 43.6 Å². The summed E-state index contributed by atoms with van der Waals surface area (Å²) in [4.78, 5) is 17.2. The molecule has 1 amide bonds. The summed E-state index contributed by atoms with van der Waals surface area (Å²) in [5.41, 5.74) is 2.09. The van der Waals surface area contributed by atoms with Crippen molar-refractivity contribution in [3.05, 3.63) is 58.9 Å². The van der Waals surface area contributed by atoms with Gasteiger partial charge in [-0.25, -0.2) is 0 Å². The van der Waals surface area contributed by atoms with Crippen LogP contribution in [0.3, 0.4) is 0 Å². The van der Waals surface area contributed by atoms with Gasteiger partial charge in [-0.2, -0.15) is 4.99 Å². The molecule has 0 unspecified atom stereocenters. The number of aromatic nitrogens is 1. The summed E-state index contributed by atoms with van der Waals surface area (Å²) < 4.78 is 8.14. The van der Waals surface area contributed by atoms with Gasteiger partial charge in [-0.1, -0.05) is 47.6 Å². The largest absolute Gasteiger partial charge is 0.497 e. The Morgan fingerprint density at radius 3 is 2.80 bits per heavy atom. The van der Waals surface area contributed by atoms with E-state index in [4.69, 9.17) is 11.2 Å². The highest BCUT2D eigenvalue weighted by Crippen LogP contribution is 2.23. The lowest BCUT2D eigenvalue weighted by atomic mass is 10.1. The Kier molecular flexibility index (Phi) is 5.32. The van der Waals surface area contributed by atoms with Gasteiger partial charge in [0.1, 0.15) is 5.75 Å². The number of thiazole rings is 1. The predicted molar refractivity (Wildman–Crippen MR) is 101 cm³/mol. The molecular weight excluding hydrogens is 332 g/mol. The van der Waals surface area contributed by atoms with Crippen LogP contribution >= 0.6 is 11.3 Å². The van der Waals surface area contributed by atoms with E-state index < -0.39 is 0 Å². The van der Waals surface area contributed by atoms with Crippen LogP contribution in [0.4, 0.5) is 0 Å². The molecule has 0 saturated heterocycles. The summed E-state index contributed by atoms with van der Waals surface area (Å²) in [5.74, 6) is 3.25. The maximum Gasteiger partial charge on any atom is 0.248 e. The van der Waals surface area contributed by atoms with Crippen LogP contribution in [0.5, 0.6) is 5.75 Å². The molecule has 0 spiro atoms. The van der Waals surface area contributed by atoms with Crippen molar-refractivity contribution in [1.82, 2.24) is 4.57 Å². The summed E-state index contributed by atoms with van der Waals surface area (Å²) >= 11 is 1.44. The third-order valence-corrected chi connectivity index (χ3v) is 4.87. The number of terminal acetylenes is 1. The van der Waals surface area contributed by atoms with Crippen molar-refractivity contribution in [2.45, 2.75) is 19.4 Å². The lowest BCUT2D eigenvalue weighted by Crippen LogP contribution is -2.16. The number of rotatable bonds is 5. The highest BCUT2D eigenvalue weighted by Gasteiger charge is 2.08. The Bertz CT molecular complexity index is 994. The first-order chi connectivity index (χ1) is 12.2. The van der Waals surface area contributed by atoms with Crippen molar-refractivity contribution in [2.75, 3.05) is 7.11 Å². The molecular formula is C20H18N2O2S. The Morgan fingerprint density at radius 2 is 2.08 bits per heavy atom. The van der Waals surface area contributed by atoms with Gasteiger partial charge in [-0.05, 0) is 30.2 Å². The monoisotopic (exact) mass is 350 g/mol. The second-order valence-electron chi connectivity index (χ2n) is 5.50. The number of aryl methyl sites for hydroxylation is 1. The van der Waals surface area contributed by atoms with Gasteiger partial charge in [-0.15, -0.1) is 6.42 Å². The van der Waals surface area contributed by atoms with E-state index in [0.717, 1.165) is 21.5 Å². The molecule has 3 rings (SSSR count). The van der Waals surface area contributed by atoms with E-state index in [1.165, 1.54) is 11.3 Å². The van der Waals surface area contributed by atoms with Crippen LogP contribution in [-0.4, -0.2) is 17.6 Å². The van der Waals surface area contributed by atoms with Crippen LogP contribution in [-0.2, 0) is 17.8 Å². The maximum absolute atomic E-state index is 12.3. The standard InChI is InChI=1S/C20H18N2O2S/c1-3-13-22-17-11-10-16(24-2)14-18(17)25-20(22)21-19(23)12-9-15-7-5-4-6-8-15/h1,4-8,10-11,14H,9,12-13H2,2H3. The molecule has 1 aromatic heterocycles. The number of benzene rings is 2. The van der Waals surface area contributed by atoms with Gasteiger partial charge in [0.05, 0.1) is 23.9 Å². The number of carbonyl (C=O) groups is 1. The first-order valence-electron chi connectivity index (χ1n) is 7.93. The molecule has 126 valence electrons. The minimum absolute atomic E-state index is 0.145. The van der Waals surface area contributed by atoms with Crippen molar-refractivity contribution in [3.63, 3.8) is 0 Å². The molecule has 0 bridgehead atoms. The highest BCUT2D eigenvalue weighted by molar-refractivity contribution is 7.16. The van der Waals surface area contributed by atoms with E-state index >= 15 is 0 Å². The second-order valence-corrected chi connectivity index (χ2v) is 6.51. The fraction of sp³-hybridized carbons (Fsp3) is 0.200. The number of carbonyl (C=O) groups excluding carboxylic acids is 1. The van der Waals surface area contributed by atoms with E-state index in [2.05, 4.69) is 10.9 Å². The number of hydrogen-bond donors (Lipinski definition) is 0. The fourth-order valence-electron chi connectivity index (χ4n) is 2.57. The number of hydrogen-bond acceptors (Lipinski definition) is 3. The van der Waals surface area contributed by atoms with Gasteiger partial charge in [0.25, 0.3) is 0 Å². The summed E-state index contributed by atoms with van der Waals surface area (Å²) in [6.45, 7) is 0.372. The van der Waals surface area contributed by atoms with Crippen LogP contribution in [0.25, 0.3) is 10.2 Å². The summed E-state index contributed by atoms with van der Waals surface area (Å²) in [5, 5.41) is 0. The lowest BCUT2D eigenvalue weighted by molar-refractivity contribution is -0.118. The molecule has 0 N–H and O–H groups in total. The molecule has 3 aromatic rings. The van der Waals surface area contributed by atoms with Gasteiger partial charge in [0.2, 0.25) is 5.91 Å². The molecule has 0 saturated carbocycles. The van der Waals surface area contributed by atoms with Crippen molar-refractivity contribution >= 4 is 27.5 Å². The molecule has 0 atom stereocenters. The average molecular weight is 350 g/mol. The van der Waals surface area contributed by atoms with E-state index in [-0.39, 0.29) is 5.91 Å². The van der Waals surface area contributed by atoms with E-state index in [1.54, 1.807) is 7.11 Å². The number of amides is 1. The fourth-order valence-corrected chi connectivity index (χ4v) is 3.64. The van der Waals surface area contributed by atoms with Gasteiger partial charge in [-0.3, -0.25) is 4.79 Å². The zero-order chi connectivity index (χ0) is 17.6. The van der Waals surface area contributed by atoms with Gasteiger partial charge >= 0.3 is 0 Å². The van der Waals surface area contributed by atoms with Crippen LogP contribution in [0, 0.1) is 12.3 Å². The molecule has 1 heterocycles. The number of fused-ring (bicyclic) bond motifs is 1. The van der Waals surface area contributed by atoms with Crippen molar-refractivity contribution in [3.8, 4) is 18.1 Å². The van der Waals surface area contributed by atoms with Crippen molar-refractivity contribution in [1.29, 1.82) is 0 Å². The SMILES string of the molecule is C#CCn1c(=NC(=O)CCc2ccccc2)sc2cc(OC)ccc21. The van der Waals surface area contributed by atoms with Crippen LogP contribution in [0.15, 0.2) is 53.5 Å². The molecule has 0 aliphatic carbocycles. The first-order valence-corrected chi connectivity index (χ1v) is 8.75. The zero-order valence-corrected chi connectivity index (χ0v) is 14.8. The van der Waals surface area contributed by atoms with Gasteiger partial charge in [0.15, 0.2) is 4.80 Å². The van der Waals surface area contributed by atoms with E-state index in [1.807, 2.05) is 53.1 Å². The average Bonchev–Trinajstić information content (AvgIpc) is 2.97. The van der Waals surface area contributed by atoms with Crippen molar-refractivity contribution < 1.29 is 9.53 Å². The smallest absolute Gasteiger partial charge is 0.248 e. The molecule has 0 aliphatic heterocycles. The molecule has 0 aliphatic rings. The summed E-state index contributed by atoms with van der Waals surface area (Å²) in [6, 6.07) is 15.7. The third kappa shape index (κ3) is 3.98. The molecule has 5 heteroatoms. The van der Waals surface area contributed by atoms with Crippen LogP contribution in [0.2, 0.25) is 0 Å². The Morgan fingerprint density at radius 1 is 1.28 bits per heavy atom. The summed E-state index contributed by atoms with van der Waals surface area (Å²) in [7, 11) is 1.63. The van der Waals surface area contributed by atoms with Gasteiger partial charge in [0, 0.05) is 6.42 Å². The lowest BCUT2D eigenvalue weighted by Gasteiger charge is -2.01. The second kappa shape index (κ2) is 7.82. The zero-order valence-electron chi connectivity index (χ0n) is 13.9. The molecule has 0 fully saturated rings. The van der Waals surface area contributed by atoms with Crippen molar-refractivity contribution in [2.24, 2.45) is 4.99 Å². The minimum atomic E-state index is -0.145. The quantitative estimate of drug-likeness (QED) is 0.662. The normalized spacial score (nSPS) is 11.4. The van der Waals surface area contributed by atoms with E-state index in [0.29, 0.717) is 24.2 Å². The highest BCUT2D eigenvalue weighted by atomic mass is 32.1. The Labute approximate surface area is 150 Å². The third-order valence-electron chi connectivity index (χ3n) is 3.83. The Balaban J connectivity index is 1.90. The van der Waals surface area contributed by atoms with Crippen LogP contribution in [0.1, 0.15) is 12.0 Å². The minimum Gasteiger partial charge on any atom is -0.497 e. The maximum atomic E-state index is 12.3. The van der Waals surface area contributed by atoms with E-state index in [9.17, 15) is 4.79 Å². The number of nitrogens with zero attached hydrogens (tertiary/aromatic N) is 2. The summed E-state index contributed by atoms with van der Waals surface area (Å²) in [6.07, 6.45) is 6.53. The van der Waals surface area contributed by atoms with Gasteiger partial charge < -0.3 is 9.30 Å². The molecule has 2 aromatic carbocycles.